The van der Waals surface area contributed by atoms with Crippen LogP contribution in [-0.4, -0.2) is 34.9 Å². The summed E-state index contributed by atoms with van der Waals surface area (Å²) in [5.41, 5.74) is 0.939. The summed E-state index contributed by atoms with van der Waals surface area (Å²) < 4.78 is 37.6. The van der Waals surface area contributed by atoms with Gasteiger partial charge >= 0.3 is 0 Å². The second kappa shape index (κ2) is 6.77. The van der Waals surface area contributed by atoms with Crippen LogP contribution in [0.2, 0.25) is 0 Å². The molecule has 0 radical (unpaired) electrons. The highest BCUT2D eigenvalue weighted by atomic mass is 32.2. The van der Waals surface area contributed by atoms with E-state index >= 15 is 0 Å². The lowest BCUT2D eigenvalue weighted by molar-refractivity contribution is -0.114. The standard InChI is InChI=1S/C16H12FN3O3S2/c1-10(21)9-25(22,23)15-4-2-3-13(20-15)14-8-19-16(24-14)11-5-12(17)7-18-6-11/h2-8H,9H2,1H3. The van der Waals surface area contributed by atoms with Gasteiger partial charge < -0.3 is 0 Å². The van der Waals surface area contributed by atoms with Crippen LogP contribution in [0.5, 0.6) is 0 Å². The molecule has 0 saturated carbocycles. The number of aromatic nitrogens is 3. The van der Waals surface area contributed by atoms with Crippen LogP contribution in [0.3, 0.4) is 0 Å². The van der Waals surface area contributed by atoms with E-state index in [2.05, 4.69) is 15.0 Å². The van der Waals surface area contributed by atoms with Crippen molar-refractivity contribution in [2.45, 2.75) is 11.9 Å². The number of Topliss-reactive ketones (excluding diaryl/α,β-unsaturated/α-hetero) is 1. The molecule has 0 aliphatic rings. The van der Waals surface area contributed by atoms with Gasteiger partial charge in [0.1, 0.15) is 22.4 Å². The smallest absolute Gasteiger partial charge is 0.202 e. The maximum absolute atomic E-state index is 13.3. The van der Waals surface area contributed by atoms with Crippen LogP contribution in [0.25, 0.3) is 21.1 Å². The number of hydrogen-bond acceptors (Lipinski definition) is 7. The van der Waals surface area contributed by atoms with Gasteiger partial charge in [0.2, 0.25) is 9.84 Å². The van der Waals surface area contributed by atoms with Gasteiger partial charge in [-0.3, -0.25) is 9.78 Å². The van der Waals surface area contributed by atoms with Gasteiger partial charge in [0.25, 0.3) is 0 Å². The van der Waals surface area contributed by atoms with Gasteiger partial charge in [0.05, 0.1) is 16.8 Å². The molecule has 3 rings (SSSR count). The first-order chi connectivity index (χ1) is 11.8. The average Bonchev–Trinajstić information content (AvgIpc) is 3.04. The maximum Gasteiger partial charge on any atom is 0.202 e. The number of hydrogen-bond donors (Lipinski definition) is 0. The molecule has 0 aromatic carbocycles. The lowest BCUT2D eigenvalue weighted by Crippen LogP contribution is -2.14. The van der Waals surface area contributed by atoms with Crippen molar-refractivity contribution in [2.75, 3.05) is 5.75 Å². The van der Waals surface area contributed by atoms with Gasteiger partial charge in [0.15, 0.2) is 5.03 Å². The molecule has 3 aromatic heterocycles. The van der Waals surface area contributed by atoms with E-state index in [1.165, 1.54) is 42.8 Å². The molecule has 3 aromatic rings. The number of halogens is 1. The number of thiazole rings is 1. The molecule has 3 heterocycles. The molecule has 0 aliphatic carbocycles. The number of sulfone groups is 1. The largest absolute Gasteiger partial charge is 0.299 e. The summed E-state index contributed by atoms with van der Waals surface area (Å²) in [5, 5.41) is 0.378. The molecule has 128 valence electrons. The number of carbonyl (C=O) groups excluding carboxylic acids is 1. The van der Waals surface area contributed by atoms with Crippen LogP contribution in [0.1, 0.15) is 6.92 Å². The quantitative estimate of drug-likeness (QED) is 0.679. The van der Waals surface area contributed by atoms with Crippen molar-refractivity contribution in [3.05, 3.63) is 48.7 Å². The van der Waals surface area contributed by atoms with Crippen LogP contribution in [0, 0.1) is 5.82 Å². The van der Waals surface area contributed by atoms with Crippen LogP contribution in [0.15, 0.2) is 47.9 Å². The molecular formula is C16H12FN3O3S2. The van der Waals surface area contributed by atoms with Crippen LogP contribution in [0.4, 0.5) is 4.39 Å². The SMILES string of the molecule is CC(=O)CS(=O)(=O)c1cccc(-c2cnc(-c3cncc(F)c3)s2)n1. The zero-order valence-electron chi connectivity index (χ0n) is 13.0. The van der Waals surface area contributed by atoms with E-state index in [-0.39, 0.29) is 5.03 Å². The predicted octanol–water partition coefficient (Wildman–Crippen LogP) is 2.77. The van der Waals surface area contributed by atoms with E-state index in [1.807, 2.05) is 0 Å². The zero-order chi connectivity index (χ0) is 18.0. The van der Waals surface area contributed by atoms with E-state index < -0.39 is 27.2 Å². The summed E-state index contributed by atoms with van der Waals surface area (Å²) in [6.07, 6.45) is 4.13. The predicted molar refractivity (Wildman–Crippen MR) is 91.3 cm³/mol. The minimum absolute atomic E-state index is 0.164. The van der Waals surface area contributed by atoms with E-state index in [0.29, 0.717) is 21.1 Å². The molecule has 0 spiro atoms. The summed E-state index contributed by atoms with van der Waals surface area (Å²) in [5.74, 6) is -1.51. The Kier molecular flexibility index (Phi) is 4.69. The van der Waals surface area contributed by atoms with Gasteiger partial charge in [-0.25, -0.2) is 22.8 Å². The Balaban J connectivity index is 1.96. The van der Waals surface area contributed by atoms with Gasteiger partial charge in [0, 0.05) is 18.0 Å². The lowest BCUT2D eigenvalue weighted by atomic mass is 10.3. The fourth-order valence-electron chi connectivity index (χ4n) is 2.12. The second-order valence-electron chi connectivity index (χ2n) is 5.24. The third kappa shape index (κ3) is 3.94. The molecule has 0 aliphatic heterocycles. The number of ketones is 1. The first kappa shape index (κ1) is 17.3. The summed E-state index contributed by atoms with van der Waals surface area (Å²) >= 11 is 1.24. The highest BCUT2D eigenvalue weighted by Crippen LogP contribution is 2.31. The van der Waals surface area contributed by atoms with Crippen LogP contribution >= 0.6 is 11.3 Å². The van der Waals surface area contributed by atoms with Gasteiger partial charge in [-0.2, -0.15) is 0 Å². The van der Waals surface area contributed by atoms with E-state index in [0.717, 1.165) is 6.20 Å². The van der Waals surface area contributed by atoms with Gasteiger partial charge in [-0.05, 0) is 25.1 Å². The fraction of sp³-hybridized carbons (Fsp3) is 0.125. The number of nitrogens with zero attached hydrogens (tertiary/aromatic N) is 3. The minimum atomic E-state index is -3.78. The van der Waals surface area contributed by atoms with Crippen LogP contribution < -0.4 is 0 Å². The van der Waals surface area contributed by atoms with E-state index in [4.69, 9.17) is 0 Å². The third-order valence-corrected chi connectivity index (χ3v) is 5.87. The molecule has 0 bridgehead atoms. The first-order valence-corrected chi connectivity index (χ1v) is 9.58. The van der Waals surface area contributed by atoms with Crippen LogP contribution in [-0.2, 0) is 14.6 Å². The topological polar surface area (TPSA) is 89.9 Å². The normalized spacial score (nSPS) is 11.4. The Morgan fingerprint density at radius 3 is 2.76 bits per heavy atom. The molecule has 0 atom stereocenters. The monoisotopic (exact) mass is 377 g/mol. The van der Waals surface area contributed by atoms with Crippen molar-refractivity contribution in [1.29, 1.82) is 0 Å². The summed E-state index contributed by atoms with van der Waals surface area (Å²) in [6, 6.07) is 5.86. The number of carbonyl (C=O) groups is 1. The summed E-state index contributed by atoms with van der Waals surface area (Å²) in [7, 11) is -3.78. The van der Waals surface area contributed by atoms with Crippen molar-refractivity contribution in [2.24, 2.45) is 0 Å². The van der Waals surface area contributed by atoms with Gasteiger partial charge in [-0.1, -0.05) is 6.07 Å². The molecule has 0 amide bonds. The van der Waals surface area contributed by atoms with E-state index in [9.17, 15) is 17.6 Å². The highest BCUT2D eigenvalue weighted by molar-refractivity contribution is 7.92. The van der Waals surface area contributed by atoms with Crippen molar-refractivity contribution >= 4 is 27.0 Å². The molecule has 0 N–H and O–H groups in total. The van der Waals surface area contributed by atoms with Crippen molar-refractivity contribution in [3.8, 4) is 21.1 Å². The molecule has 25 heavy (non-hydrogen) atoms. The van der Waals surface area contributed by atoms with Crippen molar-refractivity contribution < 1.29 is 17.6 Å². The second-order valence-corrected chi connectivity index (χ2v) is 8.21. The molecular weight excluding hydrogens is 365 g/mol. The van der Waals surface area contributed by atoms with Crippen molar-refractivity contribution in [3.63, 3.8) is 0 Å². The Bertz CT molecular complexity index is 1050. The summed E-state index contributed by atoms with van der Waals surface area (Å²) in [6.45, 7) is 1.21. The molecule has 0 fully saturated rings. The highest BCUT2D eigenvalue weighted by Gasteiger charge is 2.19. The zero-order valence-corrected chi connectivity index (χ0v) is 14.6. The molecule has 6 nitrogen and oxygen atoms in total. The van der Waals surface area contributed by atoms with Crippen molar-refractivity contribution in [1.82, 2.24) is 15.0 Å². The fourth-order valence-corrected chi connectivity index (χ4v) is 4.19. The Labute approximate surface area is 147 Å². The summed E-state index contributed by atoms with van der Waals surface area (Å²) in [4.78, 5) is 23.9. The maximum atomic E-state index is 13.3. The van der Waals surface area contributed by atoms with E-state index in [1.54, 1.807) is 12.1 Å². The number of rotatable bonds is 5. The Hall–Kier alpha value is -2.52. The molecule has 0 unspecified atom stereocenters. The third-order valence-electron chi connectivity index (χ3n) is 3.15. The minimum Gasteiger partial charge on any atom is -0.299 e. The first-order valence-electron chi connectivity index (χ1n) is 7.11. The molecule has 9 heteroatoms. The lowest BCUT2D eigenvalue weighted by Gasteiger charge is -2.03. The number of pyridine rings is 2. The Morgan fingerprint density at radius 1 is 1.24 bits per heavy atom. The Morgan fingerprint density at radius 2 is 2.04 bits per heavy atom. The molecule has 0 saturated heterocycles. The average molecular weight is 377 g/mol. The van der Waals surface area contributed by atoms with Gasteiger partial charge in [-0.15, -0.1) is 11.3 Å².